The molecule has 0 aliphatic carbocycles. The van der Waals surface area contributed by atoms with Crippen LogP contribution in [0.25, 0.3) is 0 Å². The quantitative estimate of drug-likeness (QED) is 0.304. The molecule has 0 bridgehead atoms. The minimum atomic E-state index is -0.461. The van der Waals surface area contributed by atoms with Gasteiger partial charge in [-0.3, -0.25) is 14.6 Å². The molecule has 2 heterocycles. The van der Waals surface area contributed by atoms with Crippen molar-refractivity contribution < 1.29 is 14.0 Å². The van der Waals surface area contributed by atoms with Gasteiger partial charge in [0, 0.05) is 47.3 Å². The van der Waals surface area contributed by atoms with Gasteiger partial charge in [0.15, 0.2) is 5.13 Å². The number of thiazole rings is 1. The first kappa shape index (κ1) is 23.0. The molecule has 2 amide bonds. The summed E-state index contributed by atoms with van der Waals surface area (Å²) in [6, 6.07) is 15.7. The zero-order valence-electron chi connectivity index (χ0n) is 17.9. The lowest BCUT2D eigenvalue weighted by atomic mass is 10.0. The summed E-state index contributed by atoms with van der Waals surface area (Å²) < 4.78 is 13.0. The average Bonchev–Trinajstić information content (AvgIpc) is 3.33. The molecule has 2 aromatic heterocycles. The van der Waals surface area contributed by atoms with E-state index in [-0.39, 0.29) is 29.9 Å². The number of anilines is 3. The molecule has 0 saturated carbocycles. The van der Waals surface area contributed by atoms with Crippen molar-refractivity contribution in [3.63, 3.8) is 0 Å². The van der Waals surface area contributed by atoms with E-state index in [1.165, 1.54) is 23.5 Å². The van der Waals surface area contributed by atoms with Gasteiger partial charge in [-0.25, -0.2) is 9.37 Å². The monoisotopic (exact) mass is 476 g/mol. The first-order valence-electron chi connectivity index (χ1n) is 10.3. The lowest BCUT2D eigenvalue weighted by Gasteiger charge is -2.13. The number of nitrogens with zero attached hydrogens (tertiary/aromatic N) is 2. The Balaban J connectivity index is 1.29. The van der Waals surface area contributed by atoms with Gasteiger partial charge in [-0.2, -0.15) is 0 Å². The SMILES string of the molecule is NC(CNC(=O)c1csc(Nc2ccc(F)cc2)n1)c1ccc(C(=O)Nc2ccncc2)cc1. The molecule has 0 aliphatic heterocycles. The topological polar surface area (TPSA) is 122 Å². The molecular weight excluding hydrogens is 455 g/mol. The Morgan fingerprint density at radius 3 is 2.35 bits per heavy atom. The van der Waals surface area contributed by atoms with E-state index in [0.717, 1.165) is 5.56 Å². The highest BCUT2D eigenvalue weighted by Gasteiger charge is 2.14. The molecule has 1 unspecified atom stereocenters. The maximum atomic E-state index is 13.0. The summed E-state index contributed by atoms with van der Waals surface area (Å²) in [5.41, 5.74) is 9.05. The van der Waals surface area contributed by atoms with Gasteiger partial charge < -0.3 is 21.7 Å². The highest BCUT2D eigenvalue weighted by Crippen LogP contribution is 2.21. The van der Waals surface area contributed by atoms with Crippen LogP contribution in [0.5, 0.6) is 0 Å². The van der Waals surface area contributed by atoms with Crippen molar-refractivity contribution in [3.8, 4) is 0 Å². The van der Waals surface area contributed by atoms with Crippen LogP contribution in [-0.2, 0) is 0 Å². The molecule has 4 aromatic rings. The molecule has 2 aromatic carbocycles. The molecule has 0 spiro atoms. The van der Waals surface area contributed by atoms with Gasteiger partial charge in [0.2, 0.25) is 0 Å². The minimum Gasteiger partial charge on any atom is -0.349 e. The molecular formula is C24H21FN6O2S. The number of nitrogens with one attached hydrogen (secondary N) is 3. The number of rotatable bonds is 8. The fraction of sp³-hybridized carbons (Fsp3) is 0.0833. The second-order valence-electron chi connectivity index (χ2n) is 7.30. The first-order chi connectivity index (χ1) is 16.5. The minimum absolute atomic E-state index is 0.194. The predicted molar refractivity (Wildman–Crippen MR) is 130 cm³/mol. The summed E-state index contributed by atoms with van der Waals surface area (Å²) in [6.45, 7) is 0.194. The van der Waals surface area contributed by atoms with Crippen LogP contribution in [0, 0.1) is 5.82 Å². The molecule has 0 fully saturated rings. The number of nitrogens with two attached hydrogens (primary N) is 1. The van der Waals surface area contributed by atoms with Crippen molar-refractivity contribution in [1.82, 2.24) is 15.3 Å². The number of amides is 2. The third-order valence-electron chi connectivity index (χ3n) is 4.85. The summed E-state index contributed by atoms with van der Waals surface area (Å²) in [5.74, 6) is -0.927. The Kier molecular flexibility index (Phi) is 7.21. The largest absolute Gasteiger partial charge is 0.349 e. The van der Waals surface area contributed by atoms with Crippen molar-refractivity contribution in [2.45, 2.75) is 6.04 Å². The number of hydrogen-bond acceptors (Lipinski definition) is 7. The lowest BCUT2D eigenvalue weighted by Crippen LogP contribution is -2.32. The van der Waals surface area contributed by atoms with E-state index in [0.29, 0.717) is 22.1 Å². The highest BCUT2D eigenvalue weighted by atomic mass is 32.1. The number of halogens is 1. The summed E-state index contributed by atoms with van der Waals surface area (Å²) >= 11 is 1.26. The predicted octanol–water partition coefficient (Wildman–Crippen LogP) is 4.10. The molecule has 0 aliphatic rings. The Hall–Kier alpha value is -4.15. The lowest BCUT2D eigenvalue weighted by molar-refractivity contribution is 0.0946. The van der Waals surface area contributed by atoms with E-state index in [9.17, 15) is 14.0 Å². The second-order valence-corrected chi connectivity index (χ2v) is 8.16. The number of aromatic nitrogens is 2. The molecule has 4 rings (SSSR count). The van der Waals surface area contributed by atoms with Gasteiger partial charge in [0.05, 0.1) is 0 Å². The number of carbonyl (C=O) groups is 2. The Labute approximate surface area is 199 Å². The molecule has 34 heavy (non-hydrogen) atoms. The molecule has 172 valence electrons. The Bertz CT molecular complexity index is 1260. The van der Waals surface area contributed by atoms with E-state index in [2.05, 4.69) is 25.9 Å². The fourth-order valence-corrected chi connectivity index (χ4v) is 3.73. The summed E-state index contributed by atoms with van der Waals surface area (Å²) in [5, 5.41) is 10.7. The molecule has 8 nitrogen and oxygen atoms in total. The number of benzene rings is 2. The van der Waals surface area contributed by atoms with E-state index in [4.69, 9.17) is 5.73 Å². The van der Waals surface area contributed by atoms with Gasteiger partial charge in [-0.1, -0.05) is 12.1 Å². The van der Waals surface area contributed by atoms with Crippen LogP contribution < -0.4 is 21.7 Å². The average molecular weight is 477 g/mol. The first-order valence-corrected chi connectivity index (χ1v) is 11.2. The van der Waals surface area contributed by atoms with E-state index in [1.54, 1.807) is 66.3 Å². The summed E-state index contributed by atoms with van der Waals surface area (Å²) in [4.78, 5) is 33.0. The molecule has 1 atom stereocenters. The van der Waals surface area contributed by atoms with Gasteiger partial charge >= 0.3 is 0 Å². The summed E-state index contributed by atoms with van der Waals surface area (Å²) in [6.07, 6.45) is 3.20. The normalized spacial score (nSPS) is 11.5. The van der Waals surface area contributed by atoms with Crippen LogP contribution in [0.3, 0.4) is 0 Å². The van der Waals surface area contributed by atoms with Crippen molar-refractivity contribution >= 4 is 39.7 Å². The molecule has 5 N–H and O–H groups in total. The highest BCUT2D eigenvalue weighted by molar-refractivity contribution is 7.14. The Morgan fingerprint density at radius 2 is 1.65 bits per heavy atom. The van der Waals surface area contributed by atoms with Gasteiger partial charge in [-0.05, 0) is 54.1 Å². The van der Waals surface area contributed by atoms with Crippen molar-refractivity contribution in [3.05, 3.63) is 101 Å². The Morgan fingerprint density at radius 1 is 0.941 bits per heavy atom. The molecule has 0 radical (unpaired) electrons. The maximum absolute atomic E-state index is 13.0. The molecule has 0 saturated heterocycles. The second kappa shape index (κ2) is 10.6. The third-order valence-corrected chi connectivity index (χ3v) is 5.61. The van der Waals surface area contributed by atoms with E-state index < -0.39 is 6.04 Å². The van der Waals surface area contributed by atoms with Gasteiger partial charge in [0.1, 0.15) is 11.5 Å². The van der Waals surface area contributed by atoms with Gasteiger partial charge in [0.25, 0.3) is 11.8 Å². The number of pyridine rings is 1. The zero-order valence-corrected chi connectivity index (χ0v) is 18.7. The van der Waals surface area contributed by atoms with Crippen molar-refractivity contribution in [1.29, 1.82) is 0 Å². The van der Waals surface area contributed by atoms with Crippen LogP contribution in [0.4, 0.5) is 20.9 Å². The van der Waals surface area contributed by atoms with Crippen molar-refractivity contribution in [2.24, 2.45) is 5.73 Å². The number of carbonyl (C=O) groups excluding carboxylic acids is 2. The van der Waals surface area contributed by atoms with Crippen molar-refractivity contribution in [2.75, 3.05) is 17.2 Å². The van der Waals surface area contributed by atoms with Crippen LogP contribution in [0.1, 0.15) is 32.5 Å². The van der Waals surface area contributed by atoms with Crippen LogP contribution in [0.15, 0.2) is 78.4 Å². The third kappa shape index (κ3) is 6.00. The smallest absolute Gasteiger partial charge is 0.270 e. The maximum Gasteiger partial charge on any atom is 0.270 e. The number of hydrogen-bond donors (Lipinski definition) is 4. The zero-order chi connectivity index (χ0) is 23.9. The van der Waals surface area contributed by atoms with Crippen LogP contribution in [-0.4, -0.2) is 28.3 Å². The van der Waals surface area contributed by atoms with E-state index >= 15 is 0 Å². The van der Waals surface area contributed by atoms with E-state index in [1.807, 2.05) is 0 Å². The van der Waals surface area contributed by atoms with Gasteiger partial charge in [-0.15, -0.1) is 11.3 Å². The summed E-state index contributed by atoms with van der Waals surface area (Å²) in [7, 11) is 0. The fourth-order valence-electron chi connectivity index (χ4n) is 3.02. The van der Waals surface area contributed by atoms with Crippen LogP contribution in [0.2, 0.25) is 0 Å². The molecule has 10 heteroatoms. The standard InChI is InChI=1S/C24H21FN6O2S/c25-17-5-7-18(8-6-17)30-24-31-21(14-34-24)23(33)28-13-20(26)15-1-3-16(4-2-15)22(32)29-19-9-11-27-12-10-19/h1-12,14,20H,13,26H2,(H,28,33)(H,30,31)(H,27,29,32). The van der Waals surface area contributed by atoms with Crippen LogP contribution >= 0.6 is 11.3 Å².